The van der Waals surface area contributed by atoms with Gasteiger partial charge < -0.3 is 10.2 Å². The van der Waals surface area contributed by atoms with Crippen LogP contribution in [0, 0.1) is 12.8 Å². The standard InChI is InChI=1S/C14H22BrN3/c1-10(12-5-4-8-18(3)9-12)16-13-6-7-14(15)17-11(13)2/h6-7,10,12,16H,4-5,8-9H2,1-3H3. The Labute approximate surface area is 118 Å². The molecular formula is C14H22BrN3. The highest BCUT2D eigenvalue weighted by Gasteiger charge is 2.22. The van der Waals surface area contributed by atoms with Crippen LogP contribution < -0.4 is 5.32 Å². The molecule has 0 spiro atoms. The Morgan fingerprint density at radius 3 is 2.94 bits per heavy atom. The molecule has 2 heterocycles. The molecule has 4 heteroatoms. The molecule has 2 rings (SSSR count). The molecule has 1 aromatic heterocycles. The number of piperidine rings is 1. The van der Waals surface area contributed by atoms with Gasteiger partial charge in [0.25, 0.3) is 0 Å². The van der Waals surface area contributed by atoms with E-state index in [1.165, 1.54) is 25.9 Å². The van der Waals surface area contributed by atoms with Crippen LogP contribution in [0.5, 0.6) is 0 Å². The summed E-state index contributed by atoms with van der Waals surface area (Å²) in [5, 5.41) is 3.62. The Morgan fingerprint density at radius 2 is 2.28 bits per heavy atom. The van der Waals surface area contributed by atoms with Crippen LogP contribution in [0.15, 0.2) is 16.7 Å². The Kier molecular flexibility index (Phi) is 4.62. The molecule has 1 fully saturated rings. The lowest BCUT2D eigenvalue weighted by molar-refractivity contribution is 0.197. The summed E-state index contributed by atoms with van der Waals surface area (Å²) >= 11 is 3.40. The molecule has 1 N–H and O–H groups in total. The first-order valence-corrected chi connectivity index (χ1v) is 7.44. The molecule has 100 valence electrons. The van der Waals surface area contributed by atoms with E-state index in [9.17, 15) is 0 Å². The second kappa shape index (κ2) is 6.02. The monoisotopic (exact) mass is 311 g/mol. The highest BCUT2D eigenvalue weighted by molar-refractivity contribution is 9.10. The molecule has 1 aliphatic heterocycles. The maximum atomic E-state index is 4.43. The molecule has 2 atom stereocenters. The van der Waals surface area contributed by atoms with Crippen LogP contribution in [0.4, 0.5) is 5.69 Å². The predicted molar refractivity (Wildman–Crippen MR) is 80.0 cm³/mol. The number of nitrogens with zero attached hydrogens (tertiary/aromatic N) is 2. The van der Waals surface area contributed by atoms with Gasteiger partial charge in [-0.2, -0.15) is 0 Å². The summed E-state index contributed by atoms with van der Waals surface area (Å²) in [6.07, 6.45) is 2.63. The Hall–Kier alpha value is -0.610. The number of likely N-dealkylation sites (tertiary alicyclic amines) is 1. The summed E-state index contributed by atoms with van der Waals surface area (Å²) in [5.74, 6) is 0.729. The molecule has 0 radical (unpaired) electrons. The van der Waals surface area contributed by atoms with Gasteiger partial charge in [-0.15, -0.1) is 0 Å². The van der Waals surface area contributed by atoms with Gasteiger partial charge in [-0.25, -0.2) is 4.98 Å². The van der Waals surface area contributed by atoms with Crippen molar-refractivity contribution in [3.63, 3.8) is 0 Å². The number of rotatable bonds is 3. The Morgan fingerprint density at radius 1 is 1.50 bits per heavy atom. The molecule has 0 bridgehead atoms. The van der Waals surface area contributed by atoms with Crippen LogP contribution in [-0.2, 0) is 0 Å². The van der Waals surface area contributed by atoms with Crippen LogP contribution in [0.3, 0.4) is 0 Å². The molecule has 2 unspecified atom stereocenters. The van der Waals surface area contributed by atoms with Gasteiger partial charge in [0.2, 0.25) is 0 Å². The van der Waals surface area contributed by atoms with Gasteiger partial charge in [-0.1, -0.05) is 0 Å². The van der Waals surface area contributed by atoms with Crippen molar-refractivity contribution in [2.45, 2.75) is 32.7 Å². The summed E-state index contributed by atoms with van der Waals surface area (Å²) < 4.78 is 0.899. The third kappa shape index (κ3) is 3.45. The van der Waals surface area contributed by atoms with E-state index in [0.29, 0.717) is 6.04 Å². The average molecular weight is 312 g/mol. The molecular weight excluding hydrogens is 290 g/mol. The third-order valence-electron chi connectivity index (χ3n) is 3.80. The van der Waals surface area contributed by atoms with Gasteiger partial charge in [0.1, 0.15) is 4.60 Å². The largest absolute Gasteiger partial charge is 0.381 e. The molecule has 0 aromatic carbocycles. The zero-order chi connectivity index (χ0) is 13.1. The quantitative estimate of drug-likeness (QED) is 0.868. The lowest BCUT2D eigenvalue weighted by Crippen LogP contribution is -2.40. The van der Waals surface area contributed by atoms with E-state index in [-0.39, 0.29) is 0 Å². The number of pyridine rings is 1. The van der Waals surface area contributed by atoms with E-state index in [4.69, 9.17) is 0 Å². The molecule has 1 aliphatic rings. The molecule has 1 aromatic rings. The van der Waals surface area contributed by atoms with Crippen molar-refractivity contribution in [3.05, 3.63) is 22.4 Å². The van der Waals surface area contributed by atoms with Crippen molar-refractivity contribution in [2.75, 3.05) is 25.5 Å². The maximum Gasteiger partial charge on any atom is 0.106 e. The first-order chi connectivity index (χ1) is 8.56. The van der Waals surface area contributed by atoms with Gasteiger partial charge >= 0.3 is 0 Å². The number of hydrogen-bond acceptors (Lipinski definition) is 3. The molecule has 18 heavy (non-hydrogen) atoms. The molecule has 0 aliphatic carbocycles. The normalized spacial score (nSPS) is 22.8. The van der Waals surface area contributed by atoms with Gasteiger partial charge in [0, 0.05) is 12.6 Å². The van der Waals surface area contributed by atoms with Crippen molar-refractivity contribution in [2.24, 2.45) is 5.92 Å². The zero-order valence-electron chi connectivity index (χ0n) is 11.4. The molecule has 0 amide bonds. The summed E-state index contributed by atoms with van der Waals surface area (Å²) in [4.78, 5) is 6.86. The van der Waals surface area contributed by atoms with Crippen molar-refractivity contribution in [1.29, 1.82) is 0 Å². The van der Waals surface area contributed by atoms with Crippen molar-refractivity contribution < 1.29 is 0 Å². The van der Waals surface area contributed by atoms with Gasteiger partial charge in [0.05, 0.1) is 11.4 Å². The minimum absolute atomic E-state index is 0.495. The van der Waals surface area contributed by atoms with E-state index in [1.807, 2.05) is 13.0 Å². The topological polar surface area (TPSA) is 28.2 Å². The molecule has 3 nitrogen and oxygen atoms in total. The van der Waals surface area contributed by atoms with Crippen molar-refractivity contribution in [3.8, 4) is 0 Å². The summed E-state index contributed by atoms with van der Waals surface area (Å²) in [7, 11) is 2.21. The molecule has 0 saturated carbocycles. The molecule has 1 saturated heterocycles. The number of anilines is 1. The predicted octanol–water partition coefficient (Wildman–Crippen LogP) is 3.29. The summed E-state index contributed by atoms with van der Waals surface area (Å²) in [6.45, 7) is 6.76. The summed E-state index contributed by atoms with van der Waals surface area (Å²) in [5.41, 5.74) is 2.21. The second-order valence-corrected chi connectivity index (χ2v) is 6.18. The lowest BCUT2D eigenvalue weighted by atomic mass is 9.91. The number of aryl methyl sites for hydroxylation is 1. The fraction of sp³-hybridized carbons (Fsp3) is 0.643. The van der Waals surface area contributed by atoms with Gasteiger partial charge in [-0.05, 0) is 74.3 Å². The Bertz CT molecular complexity index is 408. The van der Waals surface area contributed by atoms with Crippen molar-refractivity contribution >= 4 is 21.6 Å². The smallest absolute Gasteiger partial charge is 0.106 e. The minimum Gasteiger partial charge on any atom is -0.381 e. The third-order valence-corrected chi connectivity index (χ3v) is 4.24. The minimum atomic E-state index is 0.495. The average Bonchev–Trinajstić information content (AvgIpc) is 2.32. The van der Waals surface area contributed by atoms with E-state index in [0.717, 1.165) is 21.9 Å². The number of nitrogens with one attached hydrogen (secondary N) is 1. The van der Waals surface area contributed by atoms with E-state index >= 15 is 0 Å². The van der Waals surface area contributed by atoms with Crippen LogP contribution in [0.25, 0.3) is 0 Å². The lowest BCUT2D eigenvalue weighted by Gasteiger charge is -2.34. The van der Waals surface area contributed by atoms with E-state index < -0.39 is 0 Å². The van der Waals surface area contributed by atoms with E-state index in [1.54, 1.807) is 0 Å². The summed E-state index contributed by atoms with van der Waals surface area (Å²) in [6, 6.07) is 4.60. The van der Waals surface area contributed by atoms with Crippen LogP contribution in [-0.4, -0.2) is 36.1 Å². The fourth-order valence-electron chi connectivity index (χ4n) is 2.66. The van der Waals surface area contributed by atoms with Gasteiger partial charge in [-0.3, -0.25) is 0 Å². The van der Waals surface area contributed by atoms with Crippen LogP contribution in [0.2, 0.25) is 0 Å². The van der Waals surface area contributed by atoms with E-state index in [2.05, 4.69) is 51.2 Å². The first kappa shape index (κ1) is 13.8. The Balaban J connectivity index is 1.99. The number of aromatic nitrogens is 1. The second-order valence-electron chi connectivity index (χ2n) is 5.36. The van der Waals surface area contributed by atoms with Crippen molar-refractivity contribution in [1.82, 2.24) is 9.88 Å². The first-order valence-electron chi connectivity index (χ1n) is 6.64. The highest BCUT2D eigenvalue weighted by atomic mass is 79.9. The van der Waals surface area contributed by atoms with Gasteiger partial charge in [0.15, 0.2) is 0 Å². The highest BCUT2D eigenvalue weighted by Crippen LogP contribution is 2.23. The maximum absolute atomic E-state index is 4.43. The number of halogens is 1. The SMILES string of the molecule is Cc1nc(Br)ccc1NC(C)C1CCCN(C)C1. The fourth-order valence-corrected chi connectivity index (χ4v) is 3.06. The van der Waals surface area contributed by atoms with Crippen LogP contribution >= 0.6 is 15.9 Å². The van der Waals surface area contributed by atoms with Crippen LogP contribution in [0.1, 0.15) is 25.5 Å². The number of hydrogen-bond donors (Lipinski definition) is 1. The zero-order valence-corrected chi connectivity index (χ0v) is 13.0.